The van der Waals surface area contributed by atoms with Gasteiger partial charge in [0.15, 0.2) is 0 Å². The highest BCUT2D eigenvalue weighted by Crippen LogP contribution is 2.34. The highest BCUT2D eigenvalue weighted by molar-refractivity contribution is 7.98. The summed E-state index contributed by atoms with van der Waals surface area (Å²) in [6.07, 6.45) is 9.87. The van der Waals surface area contributed by atoms with Crippen molar-refractivity contribution < 1.29 is 4.79 Å². The van der Waals surface area contributed by atoms with Crippen LogP contribution in [0, 0.1) is 0 Å². The first-order chi connectivity index (χ1) is 13.2. The molecule has 27 heavy (non-hydrogen) atoms. The quantitative estimate of drug-likeness (QED) is 0.767. The van der Waals surface area contributed by atoms with Gasteiger partial charge in [-0.1, -0.05) is 19.3 Å². The average Bonchev–Trinajstić information content (AvgIpc) is 3.18. The molecule has 2 aromatic rings. The van der Waals surface area contributed by atoms with E-state index in [1.807, 2.05) is 4.90 Å². The number of rotatable bonds is 5. The molecule has 1 aliphatic heterocycles. The SMILES string of the molecule is O=C(CCSCc1nc2sc3c(c2c(=O)[nH]1)CCC3)N1CCCCCCC1. The number of aromatic nitrogens is 2. The monoisotopic (exact) mass is 405 g/mol. The number of thioether (sulfide) groups is 1. The van der Waals surface area contributed by atoms with Crippen molar-refractivity contribution in [2.24, 2.45) is 0 Å². The second-order valence-corrected chi connectivity index (χ2v) is 9.69. The van der Waals surface area contributed by atoms with Crippen LogP contribution in [-0.2, 0) is 23.4 Å². The number of thiophene rings is 1. The standard InChI is InChI=1S/C20H27N3O2S2/c24-17(23-10-4-2-1-3-5-11-23)9-12-26-13-16-21-19(25)18-14-7-6-8-15(14)27-20(18)22-16/h1-13H2,(H,21,22,25). The van der Waals surface area contributed by atoms with E-state index in [-0.39, 0.29) is 11.5 Å². The fourth-order valence-corrected chi connectivity index (χ4v) is 6.17. The van der Waals surface area contributed by atoms with Crippen LogP contribution in [0.5, 0.6) is 0 Å². The Bertz CT molecular complexity index is 866. The summed E-state index contributed by atoms with van der Waals surface area (Å²) in [5.74, 6) is 2.44. The highest BCUT2D eigenvalue weighted by atomic mass is 32.2. The number of nitrogens with one attached hydrogen (secondary N) is 1. The third-order valence-electron chi connectivity index (χ3n) is 5.53. The third kappa shape index (κ3) is 4.40. The lowest BCUT2D eigenvalue weighted by Crippen LogP contribution is -2.33. The maximum Gasteiger partial charge on any atom is 0.259 e. The van der Waals surface area contributed by atoms with Crippen LogP contribution in [0.4, 0.5) is 0 Å². The number of hydrogen-bond acceptors (Lipinski definition) is 5. The Kier molecular flexibility index (Phi) is 6.18. The van der Waals surface area contributed by atoms with E-state index in [0.29, 0.717) is 12.2 Å². The molecule has 0 spiro atoms. The minimum atomic E-state index is 0.00621. The zero-order chi connectivity index (χ0) is 18.6. The Morgan fingerprint density at radius 2 is 1.89 bits per heavy atom. The van der Waals surface area contributed by atoms with E-state index in [1.165, 1.54) is 29.7 Å². The summed E-state index contributed by atoms with van der Waals surface area (Å²) in [5.41, 5.74) is 1.23. The molecule has 1 N–H and O–H groups in total. The van der Waals surface area contributed by atoms with Gasteiger partial charge in [0.2, 0.25) is 5.91 Å². The van der Waals surface area contributed by atoms with Crippen molar-refractivity contribution in [3.8, 4) is 0 Å². The molecule has 0 atom stereocenters. The number of carbonyl (C=O) groups excluding carboxylic acids is 1. The van der Waals surface area contributed by atoms with E-state index < -0.39 is 0 Å². The predicted molar refractivity (Wildman–Crippen MR) is 113 cm³/mol. The van der Waals surface area contributed by atoms with Gasteiger partial charge >= 0.3 is 0 Å². The van der Waals surface area contributed by atoms with E-state index in [0.717, 1.165) is 67.0 Å². The Morgan fingerprint density at radius 1 is 1.11 bits per heavy atom. The molecule has 0 bridgehead atoms. The zero-order valence-electron chi connectivity index (χ0n) is 15.7. The molecule has 146 valence electrons. The van der Waals surface area contributed by atoms with Gasteiger partial charge in [-0.15, -0.1) is 11.3 Å². The van der Waals surface area contributed by atoms with Crippen LogP contribution in [0.2, 0.25) is 0 Å². The average molecular weight is 406 g/mol. The van der Waals surface area contributed by atoms with Crippen LogP contribution in [0.1, 0.15) is 61.2 Å². The van der Waals surface area contributed by atoms with E-state index >= 15 is 0 Å². The first-order valence-electron chi connectivity index (χ1n) is 10.1. The summed E-state index contributed by atoms with van der Waals surface area (Å²) in [4.78, 5) is 36.8. The van der Waals surface area contributed by atoms with E-state index in [4.69, 9.17) is 0 Å². The number of carbonyl (C=O) groups is 1. The molecule has 1 aliphatic carbocycles. The van der Waals surface area contributed by atoms with Crippen molar-refractivity contribution in [2.45, 2.75) is 63.5 Å². The summed E-state index contributed by atoms with van der Waals surface area (Å²) in [6, 6.07) is 0. The molecule has 1 saturated heterocycles. The van der Waals surface area contributed by atoms with Crippen LogP contribution in [0.15, 0.2) is 4.79 Å². The minimum absolute atomic E-state index is 0.00621. The maximum atomic E-state index is 12.5. The Hall–Kier alpha value is -1.34. The molecule has 0 aromatic carbocycles. The zero-order valence-corrected chi connectivity index (χ0v) is 17.4. The summed E-state index contributed by atoms with van der Waals surface area (Å²) < 4.78 is 0. The van der Waals surface area contributed by atoms with Gasteiger partial charge in [-0.3, -0.25) is 9.59 Å². The highest BCUT2D eigenvalue weighted by Gasteiger charge is 2.21. The molecule has 1 fully saturated rings. The summed E-state index contributed by atoms with van der Waals surface area (Å²) >= 11 is 3.36. The second kappa shape index (κ2) is 8.78. The molecular weight excluding hydrogens is 378 g/mol. The topological polar surface area (TPSA) is 66.1 Å². The van der Waals surface area contributed by atoms with E-state index in [2.05, 4.69) is 9.97 Å². The summed E-state index contributed by atoms with van der Waals surface area (Å²) in [6.45, 7) is 1.83. The molecule has 2 aliphatic rings. The predicted octanol–water partition coefficient (Wildman–Crippen LogP) is 3.89. The summed E-state index contributed by atoms with van der Waals surface area (Å²) in [7, 11) is 0. The van der Waals surface area contributed by atoms with Gasteiger partial charge < -0.3 is 9.88 Å². The van der Waals surface area contributed by atoms with Crippen LogP contribution in [0.3, 0.4) is 0 Å². The number of nitrogens with zero attached hydrogens (tertiary/aromatic N) is 2. The van der Waals surface area contributed by atoms with E-state index in [9.17, 15) is 9.59 Å². The number of H-pyrrole nitrogens is 1. The van der Waals surface area contributed by atoms with Crippen molar-refractivity contribution in [1.29, 1.82) is 0 Å². The first kappa shape index (κ1) is 19.0. The van der Waals surface area contributed by atoms with Crippen LogP contribution in [-0.4, -0.2) is 39.6 Å². The number of amides is 1. The van der Waals surface area contributed by atoms with Gasteiger partial charge in [0.25, 0.3) is 5.56 Å². The van der Waals surface area contributed by atoms with Crippen LogP contribution in [0.25, 0.3) is 10.2 Å². The van der Waals surface area contributed by atoms with Crippen molar-refractivity contribution in [3.63, 3.8) is 0 Å². The molecule has 3 heterocycles. The maximum absolute atomic E-state index is 12.5. The van der Waals surface area contributed by atoms with Crippen molar-refractivity contribution in [3.05, 3.63) is 26.6 Å². The molecule has 0 saturated carbocycles. The van der Waals surface area contributed by atoms with Gasteiger partial charge in [-0.05, 0) is 37.7 Å². The second-order valence-electron chi connectivity index (χ2n) is 7.50. The lowest BCUT2D eigenvalue weighted by Gasteiger charge is -2.24. The smallest absolute Gasteiger partial charge is 0.259 e. The van der Waals surface area contributed by atoms with Gasteiger partial charge in [-0.25, -0.2) is 4.98 Å². The fourth-order valence-electron chi connectivity index (χ4n) is 4.10. The number of likely N-dealkylation sites (tertiary alicyclic amines) is 1. The number of aryl methyl sites for hydroxylation is 2. The molecule has 0 radical (unpaired) electrons. The van der Waals surface area contributed by atoms with Crippen LogP contribution >= 0.6 is 23.1 Å². The first-order valence-corrected chi connectivity index (χ1v) is 12.1. The fraction of sp³-hybridized carbons (Fsp3) is 0.650. The van der Waals surface area contributed by atoms with Crippen LogP contribution < -0.4 is 5.56 Å². The number of aromatic amines is 1. The van der Waals surface area contributed by atoms with Crippen molar-refractivity contribution in [1.82, 2.24) is 14.9 Å². The molecule has 7 heteroatoms. The minimum Gasteiger partial charge on any atom is -0.343 e. The molecule has 0 unspecified atom stereocenters. The molecular formula is C20H27N3O2S2. The van der Waals surface area contributed by atoms with Gasteiger partial charge in [0.05, 0.1) is 11.1 Å². The third-order valence-corrected chi connectivity index (χ3v) is 7.69. The lowest BCUT2D eigenvalue weighted by atomic mass is 10.1. The Labute approximate surface area is 167 Å². The Balaban J connectivity index is 1.30. The van der Waals surface area contributed by atoms with Crippen molar-refractivity contribution in [2.75, 3.05) is 18.8 Å². The Morgan fingerprint density at radius 3 is 2.70 bits per heavy atom. The molecule has 2 aromatic heterocycles. The normalized spacial score (nSPS) is 17.7. The van der Waals surface area contributed by atoms with Gasteiger partial charge in [0.1, 0.15) is 10.7 Å². The van der Waals surface area contributed by atoms with Gasteiger partial charge in [-0.2, -0.15) is 11.8 Å². The molecule has 4 rings (SSSR count). The lowest BCUT2D eigenvalue weighted by molar-refractivity contribution is -0.131. The van der Waals surface area contributed by atoms with Crippen molar-refractivity contribution >= 4 is 39.2 Å². The molecule has 5 nitrogen and oxygen atoms in total. The van der Waals surface area contributed by atoms with E-state index in [1.54, 1.807) is 23.1 Å². The summed E-state index contributed by atoms with van der Waals surface area (Å²) in [5, 5.41) is 0.813. The number of hydrogen-bond donors (Lipinski definition) is 1. The largest absolute Gasteiger partial charge is 0.343 e. The number of fused-ring (bicyclic) bond motifs is 3. The molecule has 1 amide bonds. The van der Waals surface area contributed by atoms with Gasteiger partial charge in [0, 0.05) is 30.1 Å².